The number of nitrogens with zero attached hydrogens (tertiary/aromatic N) is 2. The summed E-state index contributed by atoms with van der Waals surface area (Å²) < 4.78 is 5.48. The zero-order valence-corrected chi connectivity index (χ0v) is 18.7. The second kappa shape index (κ2) is 10.8. The van der Waals surface area contributed by atoms with Crippen LogP contribution in [0.1, 0.15) is 36.8 Å². The van der Waals surface area contributed by atoms with E-state index in [-0.39, 0.29) is 5.41 Å². The van der Waals surface area contributed by atoms with Gasteiger partial charge in [-0.2, -0.15) is 0 Å². The highest BCUT2D eigenvalue weighted by atomic mass is 32.1. The van der Waals surface area contributed by atoms with Crippen LogP contribution >= 0.6 is 11.3 Å². The molecule has 1 fully saturated rings. The van der Waals surface area contributed by atoms with E-state index in [0.717, 1.165) is 51.9 Å². The van der Waals surface area contributed by atoms with Gasteiger partial charge in [-0.05, 0) is 29.5 Å². The Morgan fingerprint density at radius 2 is 1.86 bits per heavy atom. The lowest BCUT2D eigenvalue weighted by molar-refractivity contribution is 0.0341. The summed E-state index contributed by atoms with van der Waals surface area (Å²) >= 11 is 1.81. The standard InChI is InChI=1S/C23H34N4OS/c1-4-24-22(26-18-23(2,3)21-10-7-15-29-21)25-16-19-8-5-6-9-20(19)17-27-11-13-28-14-12-27/h5-10,15H,4,11-14,16-18H2,1-3H3,(H2,24,25,26). The van der Waals surface area contributed by atoms with Crippen LogP contribution in [0.3, 0.4) is 0 Å². The normalized spacial score (nSPS) is 16.0. The van der Waals surface area contributed by atoms with E-state index in [1.54, 1.807) is 0 Å². The fourth-order valence-corrected chi connectivity index (χ4v) is 4.28. The molecular formula is C23H34N4OS. The van der Waals surface area contributed by atoms with Gasteiger partial charge in [0.15, 0.2) is 5.96 Å². The Morgan fingerprint density at radius 1 is 1.10 bits per heavy atom. The third-order valence-corrected chi connectivity index (χ3v) is 6.49. The predicted molar refractivity (Wildman–Crippen MR) is 123 cm³/mol. The van der Waals surface area contributed by atoms with E-state index in [1.165, 1.54) is 16.0 Å². The highest BCUT2D eigenvalue weighted by Gasteiger charge is 2.22. The van der Waals surface area contributed by atoms with Gasteiger partial charge in [0.1, 0.15) is 0 Å². The van der Waals surface area contributed by atoms with Crippen LogP contribution in [-0.2, 0) is 23.2 Å². The molecule has 0 aliphatic carbocycles. The third-order valence-electron chi connectivity index (χ3n) is 5.25. The summed E-state index contributed by atoms with van der Waals surface area (Å²) in [6.07, 6.45) is 0. The van der Waals surface area contributed by atoms with Gasteiger partial charge in [0.05, 0.1) is 19.8 Å². The summed E-state index contributed by atoms with van der Waals surface area (Å²) in [5, 5.41) is 9.07. The summed E-state index contributed by atoms with van der Waals surface area (Å²) in [5.41, 5.74) is 2.71. The largest absolute Gasteiger partial charge is 0.379 e. The Balaban J connectivity index is 1.64. The van der Waals surface area contributed by atoms with Gasteiger partial charge < -0.3 is 15.4 Å². The number of nitrogens with one attached hydrogen (secondary N) is 2. The van der Waals surface area contributed by atoms with Crippen LogP contribution in [0.15, 0.2) is 46.8 Å². The van der Waals surface area contributed by atoms with E-state index in [0.29, 0.717) is 6.54 Å². The molecule has 2 aromatic rings. The molecule has 5 nitrogen and oxygen atoms in total. The monoisotopic (exact) mass is 414 g/mol. The van der Waals surface area contributed by atoms with Crippen molar-refractivity contribution < 1.29 is 4.74 Å². The minimum absolute atomic E-state index is 0.0681. The number of rotatable bonds is 8. The van der Waals surface area contributed by atoms with Gasteiger partial charge in [-0.15, -0.1) is 11.3 Å². The smallest absolute Gasteiger partial charge is 0.191 e. The van der Waals surface area contributed by atoms with Crippen molar-refractivity contribution in [2.24, 2.45) is 4.99 Å². The fraction of sp³-hybridized carbons (Fsp3) is 0.522. The third kappa shape index (κ3) is 6.56. The van der Waals surface area contributed by atoms with Crippen LogP contribution in [0, 0.1) is 0 Å². The molecular weight excluding hydrogens is 380 g/mol. The average Bonchev–Trinajstić information content (AvgIpc) is 3.28. The van der Waals surface area contributed by atoms with Crippen LogP contribution in [0.25, 0.3) is 0 Å². The minimum Gasteiger partial charge on any atom is -0.379 e. The average molecular weight is 415 g/mol. The van der Waals surface area contributed by atoms with Crippen molar-refractivity contribution >= 4 is 17.3 Å². The molecule has 0 saturated carbocycles. The Kier molecular flexibility index (Phi) is 8.09. The van der Waals surface area contributed by atoms with E-state index < -0.39 is 0 Å². The quantitative estimate of drug-likeness (QED) is 0.512. The molecule has 0 unspecified atom stereocenters. The van der Waals surface area contributed by atoms with E-state index in [1.807, 2.05) is 11.3 Å². The van der Waals surface area contributed by atoms with Crippen molar-refractivity contribution in [3.8, 4) is 0 Å². The minimum atomic E-state index is 0.0681. The maximum absolute atomic E-state index is 5.48. The van der Waals surface area contributed by atoms with E-state index in [2.05, 4.69) is 78.1 Å². The Labute approximate surface area is 179 Å². The number of hydrogen-bond donors (Lipinski definition) is 2. The number of benzene rings is 1. The van der Waals surface area contributed by atoms with E-state index in [9.17, 15) is 0 Å². The maximum Gasteiger partial charge on any atom is 0.191 e. The van der Waals surface area contributed by atoms with Gasteiger partial charge in [-0.3, -0.25) is 4.90 Å². The van der Waals surface area contributed by atoms with Gasteiger partial charge in [0.25, 0.3) is 0 Å². The number of aliphatic imine (C=N–C) groups is 1. The first-order valence-corrected chi connectivity index (χ1v) is 11.4. The molecule has 2 N–H and O–H groups in total. The first-order valence-electron chi connectivity index (χ1n) is 10.5. The van der Waals surface area contributed by atoms with Gasteiger partial charge in [0, 0.05) is 43.0 Å². The molecule has 0 atom stereocenters. The number of hydrogen-bond acceptors (Lipinski definition) is 4. The highest BCUT2D eigenvalue weighted by molar-refractivity contribution is 7.10. The second-order valence-corrected chi connectivity index (χ2v) is 9.01. The van der Waals surface area contributed by atoms with Crippen LogP contribution in [-0.4, -0.2) is 50.3 Å². The highest BCUT2D eigenvalue weighted by Crippen LogP contribution is 2.26. The molecule has 1 aromatic heterocycles. The Bertz CT molecular complexity index is 767. The second-order valence-electron chi connectivity index (χ2n) is 8.07. The van der Waals surface area contributed by atoms with Crippen LogP contribution in [0.2, 0.25) is 0 Å². The molecule has 1 aliphatic rings. The van der Waals surface area contributed by atoms with Gasteiger partial charge >= 0.3 is 0 Å². The van der Waals surface area contributed by atoms with Crippen molar-refractivity contribution in [1.29, 1.82) is 0 Å². The van der Waals surface area contributed by atoms with Crippen molar-refractivity contribution in [2.75, 3.05) is 39.4 Å². The molecule has 1 saturated heterocycles. The maximum atomic E-state index is 5.48. The Morgan fingerprint density at radius 3 is 2.55 bits per heavy atom. The lowest BCUT2D eigenvalue weighted by atomic mass is 9.91. The lowest BCUT2D eigenvalue weighted by Gasteiger charge is -2.27. The number of morpholine rings is 1. The van der Waals surface area contributed by atoms with Crippen LogP contribution in [0.4, 0.5) is 0 Å². The van der Waals surface area contributed by atoms with Crippen molar-refractivity contribution in [2.45, 2.75) is 39.3 Å². The molecule has 0 spiro atoms. The first-order chi connectivity index (χ1) is 14.1. The molecule has 158 valence electrons. The molecule has 0 radical (unpaired) electrons. The van der Waals surface area contributed by atoms with E-state index >= 15 is 0 Å². The van der Waals surface area contributed by atoms with E-state index in [4.69, 9.17) is 9.73 Å². The molecule has 29 heavy (non-hydrogen) atoms. The molecule has 6 heteroatoms. The van der Waals surface area contributed by atoms with Crippen molar-refractivity contribution in [3.05, 3.63) is 57.8 Å². The van der Waals surface area contributed by atoms with Gasteiger partial charge in [-0.25, -0.2) is 4.99 Å². The molecule has 1 aliphatic heterocycles. The topological polar surface area (TPSA) is 48.9 Å². The summed E-state index contributed by atoms with van der Waals surface area (Å²) in [6.45, 7) is 13.6. The molecule has 0 amide bonds. The van der Waals surface area contributed by atoms with Crippen molar-refractivity contribution in [1.82, 2.24) is 15.5 Å². The zero-order chi connectivity index (χ0) is 20.5. The lowest BCUT2D eigenvalue weighted by Crippen LogP contribution is -2.43. The SMILES string of the molecule is CCNC(=NCc1ccccc1CN1CCOCC1)NCC(C)(C)c1cccs1. The predicted octanol–water partition coefficient (Wildman–Crippen LogP) is 3.61. The number of ether oxygens (including phenoxy) is 1. The molecule has 3 rings (SSSR count). The first kappa shape index (κ1) is 21.8. The molecule has 2 heterocycles. The summed E-state index contributed by atoms with van der Waals surface area (Å²) in [4.78, 5) is 8.72. The Hall–Kier alpha value is -1.89. The van der Waals surface area contributed by atoms with Crippen LogP contribution in [0.5, 0.6) is 0 Å². The fourth-order valence-electron chi connectivity index (χ4n) is 3.43. The van der Waals surface area contributed by atoms with Gasteiger partial charge in [-0.1, -0.05) is 44.2 Å². The van der Waals surface area contributed by atoms with Crippen molar-refractivity contribution in [3.63, 3.8) is 0 Å². The number of guanidine groups is 1. The number of thiophene rings is 1. The van der Waals surface area contributed by atoms with Gasteiger partial charge in [0.2, 0.25) is 0 Å². The molecule has 0 bridgehead atoms. The summed E-state index contributed by atoms with van der Waals surface area (Å²) in [5.74, 6) is 0.873. The summed E-state index contributed by atoms with van der Waals surface area (Å²) in [6, 6.07) is 13.0. The zero-order valence-electron chi connectivity index (χ0n) is 17.9. The molecule has 1 aromatic carbocycles. The van der Waals surface area contributed by atoms with Crippen LogP contribution < -0.4 is 10.6 Å². The summed E-state index contributed by atoms with van der Waals surface area (Å²) in [7, 11) is 0.